The molecule has 8 nitrogen and oxygen atoms in total. The molecule has 2 heterocycles. The summed E-state index contributed by atoms with van der Waals surface area (Å²) in [6.45, 7) is 1.94. The van der Waals surface area contributed by atoms with E-state index in [0.29, 0.717) is 47.8 Å². The van der Waals surface area contributed by atoms with Gasteiger partial charge in [-0.25, -0.2) is 16.8 Å². The summed E-state index contributed by atoms with van der Waals surface area (Å²) < 4.78 is 54.9. The number of rotatable bonds is 5. The van der Waals surface area contributed by atoms with Crippen LogP contribution in [-0.2, 0) is 20.0 Å². The van der Waals surface area contributed by atoms with Gasteiger partial charge >= 0.3 is 0 Å². The number of anilines is 1. The predicted octanol–water partition coefficient (Wildman–Crippen LogP) is 2.22. The van der Waals surface area contributed by atoms with E-state index in [1.165, 1.54) is 28.6 Å². The molecule has 1 aliphatic heterocycles. The minimum absolute atomic E-state index is 0.0357. The highest BCUT2D eigenvalue weighted by Gasteiger charge is 2.26. The summed E-state index contributed by atoms with van der Waals surface area (Å²) in [6.07, 6.45) is 1.58. The Labute approximate surface area is 174 Å². The summed E-state index contributed by atoms with van der Waals surface area (Å²) in [7, 11) is -7.56. The Morgan fingerprint density at radius 3 is 2.28 bits per heavy atom. The van der Waals surface area contributed by atoms with Gasteiger partial charge in [0.2, 0.25) is 10.0 Å². The van der Waals surface area contributed by atoms with Crippen molar-refractivity contribution in [2.75, 3.05) is 30.9 Å². The fraction of sp³-hybridized carbons (Fsp3) is 0.222. The molecule has 1 aromatic heterocycles. The lowest BCUT2D eigenvalue weighted by Gasteiger charge is -2.26. The summed E-state index contributed by atoms with van der Waals surface area (Å²) in [4.78, 5) is 2.98. The lowest BCUT2D eigenvalue weighted by atomic mass is 10.2. The molecule has 3 N–H and O–H groups in total. The Morgan fingerprint density at radius 1 is 0.931 bits per heavy atom. The number of aromatic amines is 1. The Balaban J connectivity index is 1.61. The van der Waals surface area contributed by atoms with Crippen molar-refractivity contribution in [3.05, 3.63) is 53.7 Å². The van der Waals surface area contributed by atoms with Crippen LogP contribution in [0.25, 0.3) is 10.9 Å². The minimum atomic E-state index is -3.91. The number of para-hydroxylation sites is 1. The van der Waals surface area contributed by atoms with E-state index in [9.17, 15) is 16.8 Å². The van der Waals surface area contributed by atoms with Crippen molar-refractivity contribution in [2.24, 2.45) is 0 Å². The minimum Gasteiger partial charge on any atom is -0.358 e. The maximum atomic E-state index is 12.8. The normalized spacial score (nSPS) is 16.2. The summed E-state index contributed by atoms with van der Waals surface area (Å²) >= 11 is 6.08. The van der Waals surface area contributed by atoms with Crippen LogP contribution in [0.5, 0.6) is 0 Å². The molecule has 1 aliphatic rings. The van der Waals surface area contributed by atoms with Crippen molar-refractivity contribution in [1.29, 1.82) is 0 Å². The second kappa shape index (κ2) is 7.62. The maximum absolute atomic E-state index is 12.8. The summed E-state index contributed by atoms with van der Waals surface area (Å²) in [5, 5.41) is 4.29. The van der Waals surface area contributed by atoms with Gasteiger partial charge < -0.3 is 10.3 Å². The molecule has 3 aromatic rings. The van der Waals surface area contributed by atoms with E-state index < -0.39 is 20.0 Å². The average Bonchev–Trinajstić information content (AvgIpc) is 3.11. The van der Waals surface area contributed by atoms with Crippen LogP contribution >= 0.6 is 11.6 Å². The zero-order valence-electron chi connectivity index (χ0n) is 15.2. The van der Waals surface area contributed by atoms with Gasteiger partial charge in [-0.1, -0.05) is 23.7 Å². The van der Waals surface area contributed by atoms with Gasteiger partial charge in [0, 0.05) is 37.8 Å². The molecule has 4 rings (SSSR count). The molecule has 154 valence electrons. The number of fused-ring (bicyclic) bond motifs is 1. The van der Waals surface area contributed by atoms with Crippen molar-refractivity contribution in [3.63, 3.8) is 0 Å². The van der Waals surface area contributed by atoms with Gasteiger partial charge in [-0.2, -0.15) is 4.31 Å². The van der Waals surface area contributed by atoms with Crippen molar-refractivity contribution in [1.82, 2.24) is 14.6 Å². The van der Waals surface area contributed by atoms with E-state index in [1.807, 2.05) is 0 Å². The van der Waals surface area contributed by atoms with Crippen molar-refractivity contribution in [2.45, 2.75) is 9.79 Å². The van der Waals surface area contributed by atoms with Crippen LogP contribution in [0.15, 0.2) is 58.5 Å². The smallest absolute Gasteiger partial charge is 0.261 e. The SMILES string of the molecule is O=S(=O)(Nc1cccc2c(Cl)c[nH]c12)c1ccc(S(=O)(=O)N2CCNCC2)cc1. The number of H-pyrrole nitrogens is 1. The van der Waals surface area contributed by atoms with E-state index in [1.54, 1.807) is 24.4 Å². The Morgan fingerprint density at radius 2 is 1.59 bits per heavy atom. The second-order valence-corrected chi connectivity index (χ2v) is 10.6. The molecule has 0 aliphatic carbocycles. The van der Waals surface area contributed by atoms with E-state index in [4.69, 9.17) is 11.6 Å². The quantitative estimate of drug-likeness (QED) is 0.547. The Bertz CT molecular complexity index is 1250. The molecule has 0 bridgehead atoms. The van der Waals surface area contributed by atoms with E-state index >= 15 is 0 Å². The van der Waals surface area contributed by atoms with Crippen LogP contribution in [-0.4, -0.2) is 52.3 Å². The monoisotopic (exact) mass is 454 g/mol. The van der Waals surface area contributed by atoms with Gasteiger partial charge in [0.05, 0.1) is 26.0 Å². The van der Waals surface area contributed by atoms with Crippen LogP contribution in [0.2, 0.25) is 5.02 Å². The van der Waals surface area contributed by atoms with Gasteiger partial charge in [0.25, 0.3) is 10.0 Å². The number of hydrogen-bond donors (Lipinski definition) is 3. The summed E-state index contributed by atoms with van der Waals surface area (Å²) in [5.74, 6) is 0. The largest absolute Gasteiger partial charge is 0.358 e. The van der Waals surface area contributed by atoms with Crippen LogP contribution < -0.4 is 10.0 Å². The predicted molar refractivity (Wildman–Crippen MR) is 112 cm³/mol. The molecule has 1 saturated heterocycles. The highest BCUT2D eigenvalue weighted by atomic mass is 35.5. The van der Waals surface area contributed by atoms with Gasteiger partial charge in [-0.3, -0.25) is 4.72 Å². The number of nitrogens with zero attached hydrogens (tertiary/aromatic N) is 1. The van der Waals surface area contributed by atoms with E-state index in [-0.39, 0.29) is 9.79 Å². The third-order valence-corrected chi connectivity index (χ3v) is 8.36. The van der Waals surface area contributed by atoms with Gasteiger partial charge in [0.1, 0.15) is 0 Å². The van der Waals surface area contributed by atoms with Crippen LogP contribution in [0, 0.1) is 0 Å². The van der Waals surface area contributed by atoms with Crippen LogP contribution in [0.3, 0.4) is 0 Å². The highest BCUT2D eigenvalue weighted by Crippen LogP contribution is 2.30. The number of halogens is 1. The average molecular weight is 455 g/mol. The molecule has 0 saturated carbocycles. The number of aromatic nitrogens is 1. The van der Waals surface area contributed by atoms with Crippen molar-refractivity contribution >= 4 is 48.2 Å². The molecular weight excluding hydrogens is 436 g/mol. The van der Waals surface area contributed by atoms with Gasteiger partial charge in [-0.15, -0.1) is 0 Å². The Hall–Kier alpha value is -2.11. The standard InChI is InChI=1S/C18H19ClN4O4S2/c19-16-12-21-18-15(16)2-1-3-17(18)22-28(24,25)13-4-6-14(7-5-13)29(26,27)23-10-8-20-9-11-23/h1-7,12,20-22H,8-11H2. The molecule has 29 heavy (non-hydrogen) atoms. The third kappa shape index (κ3) is 3.86. The number of piperazine rings is 1. The first-order chi connectivity index (χ1) is 13.8. The fourth-order valence-corrected chi connectivity index (χ4v) is 5.96. The number of benzene rings is 2. The summed E-state index contributed by atoms with van der Waals surface area (Å²) in [5.41, 5.74) is 0.922. The first-order valence-electron chi connectivity index (χ1n) is 8.88. The molecule has 0 unspecified atom stereocenters. The first-order valence-corrected chi connectivity index (χ1v) is 12.2. The molecule has 0 atom stereocenters. The lowest BCUT2D eigenvalue weighted by molar-refractivity contribution is 0.360. The number of nitrogens with one attached hydrogen (secondary N) is 3. The van der Waals surface area contributed by atoms with Crippen LogP contribution in [0.1, 0.15) is 0 Å². The number of hydrogen-bond acceptors (Lipinski definition) is 5. The van der Waals surface area contributed by atoms with Crippen molar-refractivity contribution in [3.8, 4) is 0 Å². The molecule has 1 fully saturated rings. The topological polar surface area (TPSA) is 111 Å². The molecular formula is C18H19ClN4O4S2. The van der Waals surface area contributed by atoms with Gasteiger partial charge in [-0.05, 0) is 30.3 Å². The molecule has 2 aromatic carbocycles. The van der Waals surface area contributed by atoms with E-state index in [2.05, 4.69) is 15.0 Å². The summed E-state index contributed by atoms with van der Waals surface area (Å²) in [6, 6.07) is 10.3. The zero-order valence-corrected chi connectivity index (χ0v) is 17.6. The Kier molecular flexibility index (Phi) is 5.30. The third-order valence-electron chi connectivity index (χ3n) is 4.76. The van der Waals surface area contributed by atoms with Gasteiger partial charge in [0.15, 0.2) is 0 Å². The molecule has 0 radical (unpaired) electrons. The lowest BCUT2D eigenvalue weighted by Crippen LogP contribution is -2.46. The van der Waals surface area contributed by atoms with Crippen LogP contribution in [0.4, 0.5) is 5.69 Å². The number of sulfonamides is 2. The van der Waals surface area contributed by atoms with Crippen molar-refractivity contribution < 1.29 is 16.8 Å². The second-order valence-electron chi connectivity index (χ2n) is 6.60. The fourth-order valence-electron chi connectivity index (χ4n) is 3.23. The first kappa shape index (κ1) is 20.2. The molecule has 0 amide bonds. The molecule has 0 spiro atoms. The molecule has 11 heteroatoms. The zero-order chi connectivity index (χ0) is 20.6. The van der Waals surface area contributed by atoms with E-state index in [0.717, 1.165) is 0 Å². The highest BCUT2D eigenvalue weighted by molar-refractivity contribution is 7.92. The maximum Gasteiger partial charge on any atom is 0.261 e.